The average Bonchev–Trinajstić information content (AvgIpc) is 2.75. The van der Waals surface area contributed by atoms with E-state index in [0.717, 1.165) is 31.4 Å². The minimum atomic E-state index is -0.612. The van der Waals surface area contributed by atoms with Crippen LogP contribution >= 0.6 is 11.3 Å². The van der Waals surface area contributed by atoms with E-state index in [1.54, 1.807) is 0 Å². The molecular formula is C17H18F2N2OS. The van der Waals surface area contributed by atoms with Gasteiger partial charge in [-0.05, 0) is 44.2 Å². The Labute approximate surface area is 137 Å². The van der Waals surface area contributed by atoms with E-state index in [2.05, 4.69) is 10.3 Å². The van der Waals surface area contributed by atoms with E-state index >= 15 is 0 Å². The van der Waals surface area contributed by atoms with Gasteiger partial charge in [-0.3, -0.25) is 4.79 Å². The van der Waals surface area contributed by atoms with Gasteiger partial charge in [0.1, 0.15) is 11.6 Å². The Balaban J connectivity index is 1.59. The van der Waals surface area contributed by atoms with E-state index < -0.39 is 11.6 Å². The normalized spacial score (nSPS) is 14.2. The first-order valence-electron chi connectivity index (χ1n) is 7.85. The molecule has 122 valence electrons. The highest BCUT2D eigenvalue weighted by Gasteiger charge is 2.16. The largest absolute Gasteiger partial charge is 0.302 e. The number of thiazole rings is 1. The quantitative estimate of drug-likeness (QED) is 0.848. The maximum absolute atomic E-state index is 13.5. The van der Waals surface area contributed by atoms with Gasteiger partial charge in [-0.25, -0.2) is 13.8 Å². The molecule has 0 radical (unpaired) electrons. The first-order chi connectivity index (χ1) is 11.1. The highest BCUT2D eigenvalue weighted by atomic mass is 32.1. The van der Waals surface area contributed by atoms with Crippen molar-refractivity contribution in [2.24, 2.45) is 0 Å². The van der Waals surface area contributed by atoms with Gasteiger partial charge in [0.15, 0.2) is 5.13 Å². The van der Waals surface area contributed by atoms with Crippen molar-refractivity contribution < 1.29 is 13.6 Å². The molecule has 0 aliphatic heterocycles. The number of nitrogens with zero attached hydrogens (tertiary/aromatic N) is 1. The fraction of sp³-hybridized carbons (Fsp3) is 0.412. The van der Waals surface area contributed by atoms with Crippen LogP contribution in [0.2, 0.25) is 0 Å². The molecule has 1 aromatic heterocycles. The second-order valence-electron chi connectivity index (χ2n) is 5.70. The van der Waals surface area contributed by atoms with Gasteiger partial charge in [0.05, 0.1) is 5.69 Å². The molecular weight excluding hydrogens is 318 g/mol. The van der Waals surface area contributed by atoms with Crippen molar-refractivity contribution in [2.45, 2.75) is 44.9 Å². The second kappa shape index (κ2) is 7.17. The zero-order chi connectivity index (χ0) is 16.2. The Bertz CT molecular complexity index is 671. The number of aromatic nitrogens is 1. The summed E-state index contributed by atoms with van der Waals surface area (Å²) in [6.45, 7) is 0. The van der Waals surface area contributed by atoms with Gasteiger partial charge in [-0.15, -0.1) is 11.3 Å². The lowest BCUT2D eigenvalue weighted by Gasteiger charge is -2.05. The molecule has 1 amide bonds. The third-order valence-corrected chi connectivity index (χ3v) is 5.08. The van der Waals surface area contributed by atoms with Crippen LogP contribution in [0.5, 0.6) is 0 Å². The summed E-state index contributed by atoms with van der Waals surface area (Å²) in [5, 5.41) is 3.35. The van der Waals surface area contributed by atoms with Crippen LogP contribution in [0, 0.1) is 11.6 Å². The number of aryl methyl sites for hydroxylation is 2. The van der Waals surface area contributed by atoms with E-state index in [1.807, 2.05) is 0 Å². The topological polar surface area (TPSA) is 42.0 Å². The van der Waals surface area contributed by atoms with Crippen LogP contribution < -0.4 is 5.32 Å². The minimum absolute atomic E-state index is 0.0299. The summed E-state index contributed by atoms with van der Waals surface area (Å²) in [6, 6.07) is 3.72. The molecule has 1 heterocycles. The van der Waals surface area contributed by atoms with E-state index in [1.165, 1.54) is 40.8 Å². The molecule has 1 aromatic carbocycles. The zero-order valence-electron chi connectivity index (χ0n) is 12.7. The maximum Gasteiger partial charge on any atom is 0.226 e. The number of benzene rings is 1. The smallest absolute Gasteiger partial charge is 0.226 e. The van der Waals surface area contributed by atoms with Crippen molar-refractivity contribution in [1.29, 1.82) is 0 Å². The third kappa shape index (κ3) is 3.93. The molecule has 0 unspecified atom stereocenters. The number of carbonyl (C=O) groups excluding carboxylic acids is 1. The fourth-order valence-corrected chi connectivity index (χ4v) is 3.84. The highest BCUT2D eigenvalue weighted by molar-refractivity contribution is 7.15. The summed E-state index contributed by atoms with van der Waals surface area (Å²) in [5.41, 5.74) is 1.04. The van der Waals surface area contributed by atoms with Gasteiger partial charge in [-0.2, -0.15) is 0 Å². The lowest BCUT2D eigenvalue weighted by molar-refractivity contribution is -0.116. The zero-order valence-corrected chi connectivity index (χ0v) is 13.5. The predicted octanol–water partition coefficient (Wildman–Crippen LogP) is 4.26. The molecule has 3 rings (SSSR count). The predicted molar refractivity (Wildman–Crippen MR) is 86.7 cm³/mol. The number of carbonyl (C=O) groups is 1. The molecule has 0 atom stereocenters. The van der Waals surface area contributed by atoms with Crippen LogP contribution in [0.3, 0.4) is 0 Å². The number of hydrogen-bond acceptors (Lipinski definition) is 3. The summed E-state index contributed by atoms with van der Waals surface area (Å²) in [4.78, 5) is 17.7. The van der Waals surface area contributed by atoms with Crippen LogP contribution in [0.15, 0.2) is 18.2 Å². The summed E-state index contributed by atoms with van der Waals surface area (Å²) < 4.78 is 27.1. The minimum Gasteiger partial charge on any atom is -0.302 e. The summed E-state index contributed by atoms with van der Waals surface area (Å²) in [6.07, 6.45) is 5.56. The lowest BCUT2D eigenvalue weighted by atomic mass is 10.1. The Kier molecular flexibility index (Phi) is 5.00. The molecule has 0 bridgehead atoms. The van der Waals surface area contributed by atoms with Gasteiger partial charge in [0.25, 0.3) is 0 Å². The standard InChI is InChI=1S/C17H18F2N2OS/c18-12-5-4-6-13(19)11(12)9-10-16(22)21-17-20-14-7-2-1-3-8-15(14)23-17/h4-6H,1-3,7-10H2,(H,20,21,22). The number of amides is 1. The highest BCUT2D eigenvalue weighted by Crippen LogP contribution is 2.29. The molecule has 1 aliphatic rings. The number of hydrogen-bond donors (Lipinski definition) is 1. The Morgan fingerprint density at radius 3 is 2.70 bits per heavy atom. The first-order valence-corrected chi connectivity index (χ1v) is 8.66. The van der Waals surface area contributed by atoms with Crippen LogP contribution in [0.25, 0.3) is 0 Å². The van der Waals surface area contributed by atoms with Crippen molar-refractivity contribution in [1.82, 2.24) is 4.98 Å². The van der Waals surface area contributed by atoms with E-state index in [4.69, 9.17) is 0 Å². The van der Waals surface area contributed by atoms with Crippen LogP contribution in [0.1, 0.15) is 41.8 Å². The van der Waals surface area contributed by atoms with Crippen molar-refractivity contribution in [2.75, 3.05) is 5.32 Å². The first kappa shape index (κ1) is 16.1. The SMILES string of the molecule is O=C(CCc1c(F)cccc1F)Nc1nc2c(s1)CCCCC2. The fourth-order valence-electron chi connectivity index (χ4n) is 2.77. The molecule has 0 saturated heterocycles. The Hall–Kier alpha value is -1.82. The van der Waals surface area contributed by atoms with E-state index in [0.29, 0.717) is 5.13 Å². The number of nitrogens with one attached hydrogen (secondary N) is 1. The van der Waals surface area contributed by atoms with Crippen molar-refractivity contribution >= 4 is 22.4 Å². The maximum atomic E-state index is 13.5. The van der Waals surface area contributed by atoms with Crippen LogP contribution in [0.4, 0.5) is 13.9 Å². The van der Waals surface area contributed by atoms with Crippen LogP contribution in [-0.2, 0) is 24.1 Å². The molecule has 1 N–H and O–H groups in total. The van der Waals surface area contributed by atoms with E-state index in [9.17, 15) is 13.6 Å². The number of rotatable bonds is 4. The second-order valence-corrected chi connectivity index (χ2v) is 6.78. The van der Waals surface area contributed by atoms with E-state index in [-0.39, 0.29) is 24.3 Å². The van der Waals surface area contributed by atoms with Gasteiger partial charge < -0.3 is 5.32 Å². The number of anilines is 1. The number of halogens is 2. The average molecular weight is 336 g/mol. The van der Waals surface area contributed by atoms with Crippen molar-refractivity contribution in [3.8, 4) is 0 Å². The van der Waals surface area contributed by atoms with Crippen LogP contribution in [-0.4, -0.2) is 10.9 Å². The van der Waals surface area contributed by atoms with Gasteiger partial charge in [-0.1, -0.05) is 12.5 Å². The monoisotopic (exact) mass is 336 g/mol. The summed E-state index contributed by atoms with van der Waals surface area (Å²) in [7, 11) is 0. The molecule has 0 saturated carbocycles. The van der Waals surface area contributed by atoms with Crippen molar-refractivity contribution in [3.05, 3.63) is 46.0 Å². The molecule has 3 nitrogen and oxygen atoms in total. The molecule has 23 heavy (non-hydrogen) atoms. The molecule has 2 aromatic rings. The molecule has 0 fully saturated rings. The summed E-state index contributed by atoms with van der Waals surface area (Å²) >= 11 is 1.51. The summed E-state index contributed by atoms with van der Waals surface area (Å²) in [5.74, 6) is -1.49. The Morgan fingerprint density at radius 1 is 1.17 bits per heavy atom. The number of fused-ring (bicyclic) bond motifs is 1. The lowest BCUT2D eigenvalue weighted by Crippen LogP contribution is -2.13. The van der Waals surface area contributed by atoms with Gasteiger partial charge in [0.2, 0.25) is 5.91 Å². The Morgan fingerprint density at radius 2 is 1.91 bits per heavy atom. The molecule has 6 heteroatoms. The van der Waals surface area contributed by atoms with Gasteiger partial charge in [0, 0.05) is 16.9 Å². The van der Waals surface area contributed by atoms with Crippen molar-refractivity contribution in [3.63, 3.8) is 0 Å². The third-order valence-electron chi connectivity index (χ3n) is 4.01. The molecule has 0 spiro atoms. The molecule has 1 aliphatic carbocycles. The van der Waals surface area contributed by atoms with Gasteiger partial charge >= 0.3 is 0 Å².